The van der Waals surface area contributed by atoms with Gasteiger partial charge in [0.2, 0.25) is 0 Å². The van der Waals surface area contributed by atoms with Crippen molar-refractivity contribution >= 4 is 55.6 Å². The van der Waals surface area contributed by atoms with Crippen LogP contribution in [0.25, 0.3) is 72.4 Å². The lowest BCUT2D eigenvalue weighted by molar-refractivity contribution is 0.517. The molecule has 6 atom stereocenters. The number of para-hydroxylation sites is 3. The molecule has 4 heterocycles. The van der Waals surface area contributed by atoms with Gasteiger partial charge in [-0.05, 0) is 149 Å². The quantitative estimate of drug-likeness (QED) is 0.164. The topological polar surface area (TPSA) is 25.1 Å². The monoisotopic (exact) mass is 976 g/mol. The second-order valence-corrected chi connectivity index (χ2v) is 21.9. The molecule has 5 aliphatic carbocycles. The molecule has 9 aromatic rings. The summed E-state index contributed by atoms with van der Waals surface area (Å²) in [6, 6.07) is 63.4. The first-order chi connectivity index (χ1) is 37.7. The summed E-state index contributed by atoms with van der Waals surface area (Å²) in [6.07, 6.45) is 37.4. The van der Waals surface area contributed by atoms with Crippen LogP contribution in [0.1, 0.15) is 53.3 Å². The van der Waals surface area contributed by atoms with Gasteiger partial charge in [-0.15, -0.1) is 0 Å². The van der Waals surface area contributed by atoms with E-state index < -0.39 is 0 Å². The number of aryl methyl sites for hydroxylation is 1. The molecule has 2 aromatic heterocycles. The number of rotatable bonds is 8. The van der Waals surface area contributed by atoms with E-state index in [9.17, 15) is 0 Å². The molecule has 7 aromatic carbocycles. The van der Waals surface area contributed by atoms with Crippen molar-refractivity contribution < 1.29 is 0 Å². The van der Waals surface area contributed by atoms with Gasteiger partial charge < -0.3 is 19.4 Å². The number of anilines is 1. The van der Waals surface area contributed by atoms with E-state index in [1.165, 1.54) is 111 Å². The smallest absolute Gasteiger partial charge is 0.0708 e. The van der Waals surface area contributed by atoms with Gasteiger partial charge in [0, 0.05) is 62.4 Å². The first-order valence-electron chi connectivity index (χ1n) is 27.5. The Morgan fingerprint density at radius 3 is 2.00 bits per heavy atom. The summed E-state index contributed by atoms with van der Waals surface area (Å²) < 4.78 is 4.95. The zero-order chi connectivity index (χ0) is 49.9. The average Bonchev–Trinajstić information content (AvgIpc) is 3.95. The molecule has 1 N–H and O–H groups in total. The third-order valence-corrected chi connectivity index (χ3v) is 17.9. The molecule has 76 heavy (non-hydrogen) atoms. The van der Waals surface area contributed by atoms with E-state index in [2.05, 4.69) is 274 Å². The first kappa shape index (κ1) is 43.5. The first-order valence-corrected chi connectivity index (χ1v) is 27.5. The molecule has 1 saturated heterocycles. The van der Waals surface area contributed by atoms with Crippen molar-refractivity contribution in [2.24, 2.45) is 17.8 Å². The summed E-state index contributed by atoms with van der Waals surface area (Å²) in [6.45, 7) is 0. The van der Waals surface area contributed by atoms with Crippen molar-refractivity contribution in [1.29, 1.82) is 0 Å². The van der Waals surface area contributed by atoms with E-state index in [-0.39, 0.29) is 17.6 Å². The molecule has 2 fully saturated rings. The number of dihydropyridines is 1. The van der Waals surface area contributed by atoms with E-state index >= 15 is 0 Å². The largest absolute Gasteiger partial charge is 0.374 e. The SMILES string of the molecule is C1=CC2C(C=C1)N(c1cc(C3C=C(c4ccccc4)C=C(C4=CC=C(c5cccc(-c6ccc(-n7c8ccccc8c8ccccc87)cc6)c5)CC4)N3)cc(-n3c4c(c5ccccc53)CCC=C4)c1)C13C=CC=CC1C23. The van der Waals surface area contributed by atoms with Gasteiger partial charge in [0.05, 0.1) is 34.2 Å². The van der Waals surface area contributed by atoms with Crippen LogP contribution in [0.2, 0.25) is 0 Å². The van der Waals surface area contributed by atoms with E-state index in [0.717, 1.165) is 25.7 Å². The molecule has 0 bridgehead atoms. The second kappa shape index (κ2) is 17.1. The van der Waals surface area contributed by atoms with Crippen LogP contribution in [0.4, 0.5) is 5.69 Å². The van der Waals surface area contributed by atoms with Gasteiger partial charge in [0.1, 0.15) is 0 Å². The number of hydrogen-bond donors (Lipinski definition) is 1. The van der Waals surface area contributed by atoms with Crippen molar-refractivity contribution in [3.05, 3.63) is 288 Å². The van der Waals surface area contributed by atoms with Gasteiger partial charge in [0.15, 0.2) is 0 Å². The number of nitrogens with zero attached hydrogens (tertiary/aromatic N) is 3. The number of piperidine rings is 1. The van der Waals surface area contributed by atoms with Crippen molar-refractivity contribution in [2.45, 2.75) is 43.3 Å². The number of nitrogens with one attached hydrogen (secondary N) is 1. The molecular weight excluding hydrogens is 921 g/mol. The molecule has 4 heteroatoms. The number of fused-ring (bicyclic) bond motifs is 9. The number of hydrogen-bond acceptors (Lipinski definition) is 2. The summed E-state index contributed by atoms with van der Waals surface area (Å²) in [7, 11) is 0. The Morgan fingerprint density at radius 2 is 1.20 bits per heavy atom. The fourth-order valence-corrected chi connectivity index (χ4v) is 14.5. The summed E-state index contributed by atoms with van der Waals surface area (Å²) in [5.41, 5.74) is 21.5. The second-order valence-electron chi connectivity index (χ2n) is 21.9. The molecule has 4 nitrogen and oxygen atoms in total. The number of benzene rings is 7. The fraction of sp³-hybridized carbons (Fsp3) is 0.139. The zero-order valence-electron chi connectivity index (χ0n) is 42.3. The van der Waals surface area contributed by atoms with Gasteiger partial charge in [-0.3, -0.25) is 0 Å². The van der Waals surface area contributed by atoms with Gasteiger partial charge in [0.25, 0.3) is 0 Å². The lowest BCUT2D eigenvalue weighted by Crippen LogP contribution is -2.43. The van der Waals surface area contributed by atoms with Crippen LogP contribution in [-0.4, -0.2) is 20.7 Å². The average molecular weight is 977 g/mol. The van der Waals surface area contributed by atoms with Crippen molar-refractivity contribution in [3.63, 3.8) is 0 Å². The molecular formula is C72H56N4. The van der Waals surface area contributed by atoms with Crippen LogP contribution in [0, 0.1) is 17.8 Å². The summed E-state index contributed by atoms with van der Waals surface area (Å²) in [5.74, 6) is 1.52. The highest BCUT2D eigenvalue weighted by Crippen LogP contribution is 2.69. The normalized spacial score (nSPS) is 23.6. The lowest BCUT2D eigenvalue weighted by atomic mass is 9.87. The molecule has 2 aliphatic heterocycles. The molecule has 0 radical (unpaired) electrons. The molecule has 1 spiro atoms. The Bertz CT molecular complexity index is 4120. The Kier molecular flexibility index (Phi) is 9.79. The van der Waals surface area contributed by atoms with Crippen LogP contribution >= 0.6 is 0 Å². The van der Waals surface area contributed by atoms with Gasteiger partial charge in [-0.2, -0.15) is 0 Å². The molecule has 6 unspecified atom stereocenters. The predicted octanol–water partition coefficient (Wildman–Crippen LogP) is 16.8. The van der Waals surface area contributed by atoms with Crippen LogP contribution in [0.15, 0.2) is 260 Å². The molecule has 0 amide bonds. The van der Waals surface area contributed by atoms with E-state index in [4.69, 9.17) is 0 Å². The number of aromatic nitrogens is 2. The maximum atomic E-state index is 4.17. The van der Waals surface area contributed by atoms with E-state index in [1.54, 1.807) is 0 Å². The minimum atomic E-state index is -0.0725. The summed E-state index contributed by atoms with van der Waals surface area (Å²) in [5, 5.41) is 8.09. The Balaban J connectivity index is 0.763. The summed E-state index contributed by atoms with van der Waals surface area (Å²) >= 11 is 0. The van der Waals surface area contributed by atoms with Crippen LogP contribution in [0.3, 0.4) is 0 Å². The Morgan fingerprint density at radius 1 is 0.513 bits per heavy atom. The maximum Gasteiger partial charge on any atom is 0.0708 e. The van der Waals surface area contributed by atoms with Gasteiger partial charge >= 0.3 is 0 Å². The predicted molar refractivity (Wildman–Crippen MR) is 317 cm³/mol. The van der Waals surface area contributed by atoms with Gasteiger partial charge in [-0.25, -0.2) is 0 Å². The highest BCUT2D eigenvalue weighted by Gasteiger charge is 2.74. The molecule has 1 saturated carbocycles. The fourth-order valence-electron chi connectivity index (χ4n) is 14.5. The van der Waals surface area contributed by atoms with Crippen molar-refractivity contribution in [3.8, 4) is 22.5 Å². The van der Waals surface area contributed by atoms with Crippen molar-refractivity contribution in [2.75, 3.05) is 4.90 Å². The van der Waals surface area contributed by atoms with E-state index in [1.807, 2.05) is 0 Å². The minimum Gasteiger partial charge on any atom is -0.374 e. The third-order valence-electron chi connectivity index (χ3n) is 17.9. The molecule has 364 valence electrons. The van der Waals surface area contributed by atoms with Crippen molar-refractivity contribution in [1.82, 2.24) is 14.5 Å². The Labute approximate surface area is 444 Å². The van der Waals surface area contributed by atoms with Crippen LogP contribution in [-0.2, 0) is 6.42 Å². The van der Waals surface area contributed by atoms with Crippen LogP contribution in [0.5, 0.6) is 0 Å². The molecule has 7 aliphatic rings. The number of allylic oxidation sites excluding steroid dienone is 11. The zero-order valence-corrected chi connectivity index (χ0v) is 42.3. The summed E-state index contributed by atoms with van der Waals surface area (Å²) in [4.78, 5) is 2.81. The molecule has 16 rings (SSSR count). The highest BCUT2D eigenvalue weighted by molar-refractivity contribution is 6.09. The minimum absolute atomic E-state index is 0.0390. The third kappa shape index (κ3) is 6.69. The standard InChI is InChI=1S/C72H56N4/c1-2-17-47(18-3-1)53-44-64(50-34-32-48(33-35-50)51-19-16-20-52(41-51)49-36-38-55(39-37-49)74-66-27-9-4-21-58(66)59-22-5-10-28-67(59)74)73-65(45-53)54-42-56(75-68-29-11-6-23-60(68)61-24-7-12-30-69(61)75)46-57(43-54)76-70-31-13-8-25-62(70)71-63-26-14-15-40-72(63,71)76/h1-6,8-23,25-32,34,36-46,62-63,65,70-71,73H,7,24,33,35H2. The van der Waals surface area contributed by atoms with Gasteiger partial charge in [-0.1, -0.05) is 182 Å². The van der Waals surface area contributed by atoms with E-state index in [0.29, 0.717) is 17.8 Å². The van der Waals surface area contributed by atoms with Crippen LogP contribution < -0.4 is 10.2 Å². The lowest BCUT2D eigenvalue weighted by Gasteiger charge is -2.39. The Hall–Kier alpha value is -8.86. The maximum absolute atomic E-state index is 4.17. The highest BCUT2D eigenvalue weighted by atomic mass is 15.3.